The average Bonchev–Trinajstić information content (AvgIpc) is 2.51. The van der Waals surface area contributed by atoms with Gasteiger partial charge in [-0.2, -0.15) is 0 Å². The van der Waals surface area contributed by atoms with Crippen molar-refractivity contribution in [1.82, 2.24) is 0 Å². The summed E-state index contributed by atoms with van der Waals surface area (Å²) in [4.78, 5) is 20.9. The van der Waals surface area contributed by atoms with Crippen LogP contribution in [-0.2, 0) is 4.79 Å². The highest BCUT2D eigenvalue weighted by Crippen LogP contribution is 2.11. The average molecular weight is 311 g/mol. The predicted molar refractivity (Wildman–Crippen MR) is 92.1 cm³/mol. The van der Waals surface area contributed by atoms with Crippen molar-refractivity contribution in [3.63, 3.8) is 0 Å². The van der Waals surface area contributed by atoms with Gasteiger partial charge in [0.2, 0.25) is 0 Å². The Bertz CT molecular complexity index is 303. The van der Waals surface area contributed by atoms with Gasteiger partial charge in [-0.1, -0.05) is 75.6 Å². The van der Waals surface area contributed by atoms with E-state index < -0.39 is 12.0 Å². The van der Waals surface area contributed by atoms with Crippen LogP contribution in [0.15, 0.2) is 17.3 Å². The van der Waals surface area contributed by atoms with Gasteiger partial charge in [0.15, 0.2) is 6.04 Å². The van der Waals surface area contributed by atoms with Crippen LogP contribution in [0.2, 0.25) is 0 Å². The van der Waals surface area contributed by atoms with E-state index in [1.165, 1.54) is 44.9 Å². The molecule has 0 aromatic rings. The maximum atomic E-state index is 10.6. The van der Waals surface area contributed by atoms with Gasteiger partial charge in [0.05, 0.1) is 0 Å². The molecule has 1 N–H and O–H groups in total. The standard InChI is InChI=1S/C18H33NO3/c1-2-3-4-5-6-7-8-9-10-11-12-13-14-15-16-17(19-22)18(20)21/h9-10,17H,2-8,11-16H2,1H3,(H,20,21). The Kier molecular flexibility index (Phi) is 15.3. The molecule has 0 fully saturated rings. The van der Waals surface area contributed by atoms with E-state index in [0.717, 1.165) is 32.1 Å². The molecular formula is C18H33NO3. The van der Waals surface area contributed by atoms with Crippen LogP contribution in [-0.4, -0.2) is 17.1 Å². The number of hydrogen-bond donors (Lipinski definition) is 1. The summed E-state index contributed by atoms with van der Waals surface area (Å²) in [6, 6.07) is -1.06. The Balaban J connectivity index is 3.27. The van der Waals surface area contributed by atoms with Crippen LogP contribution in [0.5, 0.6) is 0 Å². The molecular weight excluding hydrogens is 278 g/mol. The maximum absolute atomic E-state index is 10.6. The first-order valence-corrected chi connectivity index (χ1v) is 8.92. The van der Waals surface area contributed by atoms with Crippen LogP contribution in [0, 0.1) is 4.91 Å². The van der Waals surface area contributed by atoms with Crippen LogP contribution in [0.4, 0.5) is 0 Å². The number of allylic oxidation sites excluding steroid dienone is 2. The molecule has 1 atom stereocenters. The molecule has 0 aromatic heterocycles. The monoisotopic (exact) mass is 311 g/mol. The zero-order valence-electron chi connectivity index (χ0n) is 14.1. The second-order valence-electron chi connectivity index (χ2n) is 5.98. The Labute approximate surface area is 135 Å². The quantitative estimate of drug-likeness (QED) is 0.221. The van der Waals surface area contributed by atoms with Crippen molar-refractivity contribution in [2.75, 3.05) is 0 Å². The number of hydrogen-bond acceptors (Lipinski definition) is 3. The Morgan fingerprint density at radius 3 is 1.91 bits per heavy atom. The first kappa shape index (κ1) is 20.8. The summed E-state index contributed by atoms with van der Waals surface area (Å²) in [5.41, 5.74) is 0. The molecule has 0 aromatic carbocycles. The first-order chi connectivity index (χ1) is 10.7. The van der Waals surface area contributed by atoms with Gasteiger partial charge in [0.25, 0.3) is 0 Å². The highest BCUT2D eigenvalue weighted by atomic mass is 16.4. The topological polar surface area (TPSA) is 66.7 Å². The van der Waals surface area contributed by atoms with E-state index in [9.17, 15) is 9.70 Å². The number of nitroso groups, excluding NO2 is 1. The lowest BCUT2D eigenvalue weighted by Gasteiger charge is -2.03. The molecule has 0 amide bonds. The smallest absolute Gasteiger partial charge is 0.332 e. The second kappa shape index (κ2) is 16.2. The van der Waals surface area contributed by atoms with Gasteiger partial charge in [0, 0.05) is 0 Å². The molecule has 0 aliphatic heterocycles. The van der Waals surface area contributed by atoms with Gasteiger partial charge in [-0.3, -0.25) is 0 Å². The summed E-state index contributed by atoms with van der Waals surface area (Å²) in [6.07, 6.45) is 19.3. The van der Waals surface area contributed by atoms with Gasteiger partial charge in [-0.15, -0.1) is 4.91 Å². The lowest BCUT2D eigenvalue weighted by molar-refractivity contribution is -0.138. The van der Waals surface area contributed by atoms with E-state index in [1.807, 2.05) is 0 Å². The lowest BCUT2D eigenvalue weighted by Crippen LogP contribution is -2.16. The van der Waals surface area contributed by atoms with E-state index in [0.29, 0.717) is 6.42 Å². The molecule has 0 rings (SSSR count). The van der Waals surface area contributed by atoms with Crippen LogP contribution in [0.1, 0.15) is 90.4 Å². The summed E-state index contributed by atoms with van der Waals surface area (Å²) < 4.78 is 0. The third-order valence-corrected chi connectivity index (χ3v) is 3.90. The van der Waals surface area contributed by atoms with Crippen LogP contribution < -0.4 is 0 Å². The molecule has 0 aliphatic rings. The number of carbonyl (C=O) groups is 1. The normalized spacial score (nSPS) is 12.6. The summed E-state index contributed by atoms with van der Waals surface area (Å²) in [7, 11) is 0. The highest BCUT2D eigenvalue weighted by molar-refractivity contribution is 5.73. The van der Waals surface area contributed by atoms with Crippen molar-refractivity contribution < 1.29 is 9.90 Å². The van der Waals surface area contributed by atoms with Crippen molar-refractivity contribution >= 4 is 5.97 Å². The molecule has 4 nitrogen and oxygen atoms in total. The van der Waals surface area contributed by atoms with E-state index in [-0.39, 0.29) is 0 Å². The van der Waals surface area contributed by atoms with Crippen molar-refractivity contribution in [2.24, 2.45) is 5.18 Å². The van der Waals surface area contributed by atoms with Gasteiger partial charge in [-0.25, -0.2) is 4.79 Å². The zero-order chi connectivity index (χ0) is 16.5. The SMILES string of the molecule is CCCCCCCCC=CCCCCCCC(N=O)C(=O)O. The number of carboxylic acids is 1. The Hall–Kier alpha value is -1.19. The molecule has 128 valence electrons. The summed E-state index contributed by atoms with van der Waals surface area (Å²) in [6.45, 7) is 2.24. The molecule has 0 radical (unpaired) electrons. The largest absolute Gasteiger partial charge is 0.480 e. The summed E-state index contributed by atoms with van der Waals surface area (Å²) >= 11 is 0. The third-order valence-electron chi connectivity index (χ3n) is 3.90. The van der Waals surface area contributed by atoms with Crippen molar-refractivity contribution in [2.45, 2.75) is 96.4 Å². The fourth-order valence-electron chi connectivity index (χ4n) is 2.45. The van der Waals surface area contributed by atoms with Gasteiger partial charge >= 0.3 is 5.97 Å². The maximum Gasteiger partial charge on any atom is 0.332 e. The highest BCUT2D eigenvalue weighted by Gasteiger charge is 2.16. The van der Waals surface area contributed by atoms with Gasteiger partial charge in [0.1, 0.15) is 0 Å². The van der Waals surface area contributed by atoms with Gasteiger partial charge in [-0.05, 0) is 32.1 Å². The first-order valence-electron chi connectivity index (χ1n) is 8.92. The summed E-state index contributed by atoms with van der Waals surface area (Å²) in [5, 5.41) is 11.3. The molecule has 0 aliphatic carbocycles. The minimum absolute atomic E-state index is 0.368. The molecule has 0 heterocycles. The summed E-state index contributed by atoms with van der Waals surface area (Å²) in [5.74, 6) is -1.10. The molecule has 4 heteroatoms. The third kappa shape index (κ3) is 13.8. The van der Waals surface area contributed by atoms with Crippen LogP contribution in [0.25, 0.3) is 0 Å². The van der Waals surface area contributed by atoms with E-state index in [1.54, 1.807) is 0 Å². The molecule has 1 unspecified atom stereocenters. The van der Waals surface area contributed by atoms with Crippen LogP contribution >= 0.6 is 0 Å². The minimum atomic E-state index is -1.10. The van der Waals surface area contributed by atoms with E-state index in [2.05, 4.69) is 24.3 Å². The number of unbranched alkanes of at least 4 members (excludes halogenated alkanes) is 10. The number of aliphatic carboxylic acids is 1. The van der Waals surface area contributed by atoms with Crippen molar-refractivity contribution in [3.8, 4) is 0 Å². The zero-order valence-corrected chi connectivity index (χ0v) is 14.1. The van der Waals surface area contributed by atoms with Crippen LogP contribution in [0.3, 0.4) is 0 Å². The molecule has 0 spiro atoms. The van der Waals surface area contributed by atoms with E-state index in [4.69, 9.17) is 5.11 Å². The Morgan fingerprint density at radius 2 is 1.41 bits per heavy atom. The van der Waals surface area contributed by atoms with E-state index >= 15 is 0 Å². The lowest BCUT2D eigenvalue weighted by atomic mass is 10.1. The van der Waals surface area contributed by atoms with Crippen molar-refractivity contribution in [3.05, 3.63) is 17.1 Å². The predicted octanol–water partition coefficient (Wildman–Crippen LogP) is 5.85. The molecule has 0 saturated heterocycles. The number of carboxylic acid groups (broad SMARTS) is 1. The Morgan fingerprint density at radius 1 is 0.909 bits per heavy atom. The second-order valence-corrected chi connectivity index (χ2v) is 5.98. The fraction of sp³-hybridized carbons (Fsp3) is 0.833. The van der Waals surface area contributed by atoms with Gasteiger partial charge < -0.3 is 5.11 Å². The molecule has 0 bridgehead atoms. The molecule has 0 saturated carbocycles. The number of nitrogens with zero attached hydrogens (tertiary/aromatic N) is 1. The number of rotatable bonds is 16. The molecule has 22 heavy (non-hydrogen) atoms. The minimum Gasteiger partial charge on any atom is -0.480 e. The van der Waals surface area contributed by atoms with Crippen molar-refractivity contribution in [1.29, 1.82) is 0 Å². The fourth-order valence-corrected chi connectivity index (χ4v) is 2.45.